The fraction of sp³-hybridized carbons (Fsp3) is 0.304. The van der Waals surface area contributed by atoms with Gasteiger partial charge in [0, 0.05) is 5.69 Å². The molecule has 0 aromatic heterocycles. The van der Waals surface area contributed by atoms with E-state index in [1.54, 1.807) is 36.4 Å². The average molecular weight is 408 g/mol. The number of hydrogen-bond donors (Lipinski definition) is 1. The van der Waals surface area contributed by atoms with Crippen molar-refractivity contribution in [2.75, 3.05) is 11.9 Å². The topological polar surface area (TPSA) is 92.8 Å². The SMILES string of the molecule is Cc1ccccc1NC(=O)COC(=O)C(CC(C)C)N1C(=O)c2ccccc2C1=O. The Morgan fingerprint density at radius 3 is 2.10 bits per heavy atom. The normalized spacial score (nSPS) is 13.9. The van der Waals surface area contributed by atoms with E-state index in [1.807, 2.05) is 32.9 Å². The molecular weight excluding hydrogens is 384 g/mol. The number of nitrogens with one attached hydrogen (secondary N) is 1. The molecule has 0 fully saturated rings. The van der Waals surface area contributed by atoms with Crippen LogP contribution in [0.3, 0.4) is 0 Å². The summed E-state index contributed by atoms with van der Waals surface area (Å²) in [5.74, 6) is -2.31. The van der Waals surface area contributed by atoms with Crippen LogP contribution in [-0.2, 0) is 14.3 Å². The highest BCUT2D eigenvalue weighted by Gasteiger charge is 2.43. The second-order valence-electron chi connectivity index (χ2n) is 7.64. The maximum Gasteiger partial charge on any atom is 0.329 e. The van der Waals surface area contributed by atoms with E-state index in [-0.39, 0.29) is 23.5 Å². The number of para-hydroxylation sites is 1. The van der Waals surface area contributed by atoms with Crippen LogP contribution in [-0.4, -0.2) is 41.2 Å². The number of aryl methyl sites for hydroxylation is 1. The van der Waals surface area contributed by atoms with E-state index in [1.165, 1.54) is 0 Å². The molecular formula is C23H24N2O5. The predicted molar refractivity (Wildman–Crippen MR) is 111 cm³/mol. The maximum atomic E-state index is 12.8. The fourth-order valence-corrected chi connectivity index (χ4v) is 3.38. The number of fused-ring (bicyclic) bond motifs is 1. The third-order valence-corrected chi connectivity index (χ3v) is 4.87. The Bertz CT molecular complexity index is 964. The van der Waals surface area contributed by atoms with Crippen molar-refractivity contribution in [3.05, 3.63) is 65.2 Å². The summed E-state index contributed by atoms with van der Waals surface area (Å²) in [7, 11) is 0. The second kappa shape index (κ2) is 8.90. The molecule has 1 atom stereocenters. The van der Waals surface area contributed by atoms with Crippen LogP contribution in [0.25, 0.3) is 0 Å². The zero-order valence-corrected chi connectivity index (χ0v) is 17.2. The molecule has 0 spiro atoms. The van der Waals surface area contributed by atoms with E-state index in [9.17, 15) is 19.2 Å². The molecule has 0 aliphatic carbocycles. The number of amides is 3. The number of esters is 1. The van der Waals surface area contributed by atoms with Crippen molar-refractivity contribution in [1.29, 1.82) is 0 Å². The van der Waals surface area contributed by atoms with E-state index in [0.29, 0.717) is 5.69 Å². The molecule has 156 valence electrons. The summed E-state index contributed by atoms with van der Waals surface area (Å²) in [5.41, 5.74) is 2.03. The van der Waals surface area contributed by atoms with Crippen LogP contribution in [0.1, 0.15) is 46.5 Å². The highest BCUT2D eigenvalue weighted by molar-refractivity contribution is 6.22. The van der Waals surface area contributed by atoms with Gasteiger partial charge < -0.3 is 10.1 Å². The number of benzene rings is 2. The van der Waals surface area contributed by atoms with Gasteiger partial charge in [0.05, 0.1) is 11.1 Å². The van der Waals surface area contributed by atoms with Crippen molar-refractivity contribution >= 4 is 29.4 Å². The van der Waals surface area contributed by atoms with Gasteiger partial charge in [0.15, 0.2) is 6.61 Å². The summed E-state index contributed by atoms with van der Waals surface area (Å²) < 4.78 is 5.19. The zero-order chi connectivity index (χ0) is 21.8. The van der Waals surface area contributed by atoms with Gasteiger partial charge in [0.25, 0.3) is 17.7 Å². The van der Waals surface area contributed by atoms with Crippen LogP contribution in [0.5, 0.6) is 0 Å². The summed E-state index contributed by atoms with van der Waals surface area (Å²) in [4.78, 5) is 51.5. The molecule has 3 rings (SSSR count). The van der Waals surface area contributed by atoms with E-state index in [0.717, 1.165) is 10.5 Å². The highest BCUT2D eigenvalue weighted by atomic mass is 16.5. The minimum Gasteiger partial charge on any atom is -0.454 e. The Labute approximate surface area is 175 Å². The number of anilines is 1. The van der Waals surface area contributed by atoms with Gasteiger partial charge in [-0.25, -0.2) is 4.79 Å². The average Bonchev–Trinajstić information content (AvgIpc) is 2.97. The summed E-state index contributed by atoms with van der Waals surface area (Å²) >= 11 is 0. The van der Waals surface area contributed by atoms with Crippen molar-refractivity contribution in [3.63, 3.8) is 0 Å². The van der Waals surface area contributed by atoms with Crippen LogP contribution in [0.2, 0.25) is 0 Å². The van der Waals surface area contributed by atoms with E-state index < -0.39 is 36.3 Å². The van der Waals surface area contributed by atoms with Gasteiger partial charge in [-0.15, -0.1) is 0 Å². The van der Waals surface area contributed by atoms with E-state index in [4.69, 9.17) is 4.74 Å². The number of hydrogen-bond acceptors (Lipinski definition) is 5. The standard InChI is InChI=1S/C23H24N2O5/c1-14(2)12-19(25-21(27)16-9-5-6-10-17(16)22(25)28)23(29)30-13-20(26)24-18-11-7-4-8-15(18)3/h4-11,14,19H,12-13H2,1-3H3,(H,24,26). The zero-order valence-electron chi connectivity index (χ0n) is 17.2. The molecule has 1 heterocycles. The van der Waals surface area contributed by atoms with Gasteiger partial charge in [0.2, 0.25) is 0 Å². The van der Waals surface area contributed by atoms with Crippen LogP contribution in [0.15, 0.2) is 48.5 Å². The molecule has 7 nitrogen and oxygen atoms in total. The first-order valence-corrected chi connectivity index (χ1v) is 9.78. The van der Waals surface area contributed by atoms with Gasteiger partial charge in [0.1, 0.15) is 6.04 Å². The Morgan fingerprint density at radius 2 is 1.53 bits per heavy atom. The van der Waals surface area contributed by atoms with E-state index in [2.05, 4.69) is 5.32 Å². The Balaban J connectivity index is 1.71. The fourth-order valence-electron chi connectivity index (χ4n) is 3.38. The molecule has 0 radical (unpaired) electrons. The molecule has 3 amide bonds. The summed E-state index contributed by atoms with van der Waals surface area (Å²) in [6.07, 6.45) is 0.240. The summed E-state index contributed by atoms with van der Waals surface area (Å²) in [6.45, 7) is 5.10. The first-order valence-electron chi connectivity index (χ1n) is 9.78. The number of carbonyl (C=O) groups excluding carboxylic acids is 4. The monoisotopic (exact) mass is 408 g/mol. The first kappa shape index (κ1) is 21.2. The highest BCUT2D eigenvalue weighted by Crippen LogP contribution is 2.27. The van der Waals surface area contributed by atoms with E-state index >= 15 is 0 Å². The van der Waals surface area contributed by atoms with Crippen molar-refractivity contribution in [1.82, 2.24) is 4.90 Å². The van der Waals surface area contributed by atoms with Crippen LogP contribution in [0, 0.1) is 12.8 Å². The van der Waals surface area contributed by atoms with Crippen LogP contribution < -0.4 is 5.32 Å². The molecule has 0 saturated heterocycles. The minimum atomic E-state index is -1.09. The van der Waals surface area contributed by atoms with Gasteiger partial charge >= 0.3 is 5.97 Å². The molecule has 1 N–H and O–H groups in total. The lowest BCUT2D eigenvalue weighted by atomic mass is 10.0. The van der Waals surface area contributed by atoms with Crippen molar-refractivity contribution in [3.8, 4) is 0 Å². The van der Waals surface area contributed by atoms with Gasteiger partial charge in [-0.1, -0.05) is 44.2 Å². The first-order chi connectivity index (χ1) is 14.3. The second-order valence-corrected chi connectivity index (χ2v) is 7.64. The molecule has 0 bridgehead atoms. The molecule has 2 aromatic carbocycles. The number of carbonyl (C=O) groups is 4. The molecule has 0 saturated carbocycles. The lowest BCUT2D eigenvalue weighted by molar-refractivity contribution is -0.151. The van der Waals surface area contributed by atoms with Gasteiger partial charge in [-0.2, -0.15) is 0 Å². The van der Waals surface area contributed by atoms with Crippen molar-refractivity contribution in [2.24, 2.45) is 5.92 Å². The third kappa shape index (κ3) is 4.40. The van der Waals surface area contributed by atoms with Crippen molar-refractivity contribution in [2.45, 2.75) is 33.2 Å². The lowest BCUT2D eigenvalue weighted by Gasteiger charge is -2.25. The third-order valence-electron chi connectivity index (χ3n) is 4.87. The molecule has 2 aromatic rings. The minimum absolute atomic E-state index is 0.0210. The quantitative estimate of drug-likeness (QED) is 0.561. The Morgan fingerprint density at radius 1 is 0.967 bits per heavy atom. The molecule has 7 heteroatoms. The van der Waals surface area contributed by atoms with Gasteiger partial charge in [-0.3, -0.25) is 19.3 Å². The van der Waals surface area contributed by atoms with Gasteiger partial charge in [-0.05, 0) is 43.0 Å². The number of ether oxygens (including phenoxy) is 1. The molecule has 1 aliphatic heterocycles. The van der Waals surface area contributed by atoms with Crippen LogP contribution >= 0.6 is 0 Å². The molecule has 1 unspecified atom stereocenters. The number of nitrogens with zero attached hydrogens (tertiary/aromatic N) is 1. The molecule has 1 aliphatic rings. The smallest absolute Gasteiger partial charge is 0.329 e. The lowest BCUT2D eigenvalue weighted by Crippen LogP contribution is -2.46. The summed E-state index contributed by atoms with van der Waals surface area (Å²) in [6, 6.07) is 12.6. The summed E-state index contributed by atoms with van der Waals surface area (Å²) in [5, 5.41) is 2.68. The Hall–Kier alpha value is -3.48. The number of rotatable bonds is 7. The predicted octanol–water partition coefficient (Wildman–Crippen LogP) is 3.19. The van der Waals surface area contributed by atoms with Crippen LogP contribution in [0.4, 0.5) is 5.69 Å². The molecule has 30 heavy (non-hydrogen) atoms. The largest absolute Gasteiger partial charge is 0.454 e. The number of imide groups is 1. The van der Waals surface area contributed by atoms with Crippen molar-refractivity contribution < 1.29 is 23.9 Å². The maximum absolute atomic E-state index is 12.8. The Kier molecular flexibility index (Phi) is 6.30.